The standard InChI is InChI=1S/C21H24ClN3O2/c1-13-7-17-18(8-14(13)2)25(9-15-3-5-16(22)6-4-15)21(23-17)12-24-10-19(26)20(27)11-24/h3-8,19-20,26-27H,9-12H2,1-2H3/t19-,20+. The van der Waals surface area contributed by atoms with Crippen molar-refractivity contribution in [1.82, 2.24) is 14.5 Å². The number of aliphatic hydroxyl groups excluding tert-OH is 2. The zero-order valence-corrected chi connectivity index (χ0v) is 16.3. The quantitative estimate of drug-likeness (QED) is 0.725. The molecule has 1 aliphatic heterocycles. The predicted molar refractivity (Wildman–Crippen MR) is 107 cm³/mol. The number of imidazole rings is 1. The molecule has 1 aromatic heterocycles. The molecule has 5 nitrogen and oxygen atoms in total. The number of β-amino-alcohol motifs (C(OH)–C–C–N with tert-alkyl or cyclic N) is 2. The highest BCUT2D eigenvalue weighted by Crippen LogP contribution is 2.24. The fraction of sp³-hybridized carbons (Fsp3) is 0.381. The Morgan fingerprint density at radius 3 is 2.30 bits per heavy atom. The minimum absolute atomic E-state index is 0.462. The normalized spacial score (nSPS) is 20.6. The van der Waals surface area contributed by atoms with Gasteiger partial charge in [-0.1, -0.05) is 23.7 Å². The molecule has 0 saturated carbocycles. The highest BCUT2D eigenvalue weighted by molar-refractivity contribution is 6.30. The number of aliphatic hydroxyl groups is 2. The summed E-state index contributed by atoms with van der Waals surface area (Å²) in [5, 5.41) is 20.4. The number of benzene rings is 2. The van der Waals surface area contributed by atoms with E-state index in [4.69, 9.17) is 16.6 Å². The molecule has 0 spiro atoms. The first-order valence-electron chi connectivity index (χ1n) is 9.20. The summed E-state index contributed by atoms with van der Waals surface area (Å²) < 4.78 is 2.22. The lowest BCUT2D eigenvalue weighted by molar-refractivity contribution is 0.0572. The van der Waals surface area contributed by atoms with Crippen LogP contribution in [-0.4, -0.2) is 50.0 Å². The maximum absolute atomic E-state index is 9.86. The van der Waals surface area contributed by atoms with Crippen LogP contribution in [0.4, 0.5) is 0 Å². The number of rotatable bonds is 4. The van der Waals surface area contributed by atoms with E-state index in [2.05, 4.69) is 35.4 Å². The molecule has 3 aromatic rings. The van der Waals surface area contributed by atoms with Crippen molar-refractivity contribution in [2.24, 2.45) is 0 Å². The number of aryl methyl sites for hydroxylation is 2. The molecule has 2 N–H and O–H groups in total. The molecule has 0 amide bonds. The molecule has 2 aromatic carbocycles. The number of fused-ring (bicyclic) bond motifs is 1. The van der Waals surface area contributed by atoms with Crippen LogP contribution in [0.25, 0.3) is 11.0 Å². The second kappa shape index (κ2) is 7.24. The summed E-state index contributed by atoms with van der Waals surface area (Å²) in [6.45, 7) is 6.42. The summed E-state index contributed by atoms with van der Waals surface area (Å²) in [4.78, 5) is 6.92. The average molecular weight is 386 g/mol. The van der Waals surface area contributed by atoms with Crippen LogP contribution in [0.5, 0.6) is 0 Å². The highest BCUT2D eigenvalue weighted by atomic mass is 35.5. The largest absolute Gasteiger partial charge is 0.389 e. The van der Waals surface area contributed by atoms with Crippen LogP contribution in [0.15, 0.2) is 36.4 Å². The van der Waals surface area contributed by atoms with Gasteiger partial charge < -0.3 is 14.8 Å². The molecule has 2 atom stereocenters. The van der Waals surface area contributed by atoms with Crippen molar-refractivity contribution in [2.45, 2.75) is 39.1 Å². The molecule has 6 heteroatoms. The van der Waals surface area contributed by atoms with Gasteiger partial charge in [0.1, 0.15) is 5.82 Å². The minimum Gasteiger partial charge on any atom is -0.389 e. The van der Waals surface area contributed by atoms with E-state index in [-0.39, 0.29) is 0 Å². The Morgan fingerprint density at radius 2 is 1.63 bits per heavy atom. The average Bonchev–Trinajstić information content (AvgIpc) is 3.10. The lowest BCUT2D eigenvalue weighted by Crippen LogP contribution is -2.24. The van der Waals surface area contributed by atoms with Gasteiger partial charge in [-0.3, -0.25) is 4.90 Å². The zero-order valence-electron chi connectivity index (χ0n) is 15.6. The molecule has 1 aliphatic rings. The van der Waals surface area contributed by atoms with Crippen LogP contribution in [-0.2, 0) is 13.1 Å². The topological polar surface area (TPSA) is 61.5 Å². The van der Waals surface area contributed by atoms with Crippen molar-refractivity contribution in [2.75, 3.05) is 13.1 Å². The number of aromatic nitrogens is 2. The molecule has 142 valence electrons. The van der Waals surface area contributed by atoms with Crippen molar-refractivity contribution >= 4 is 22.6 Å². The van der Waals surface area contributed by atoms with Gasteiger partial charge in [0.05, 0.1) is 29.8 Å². The van der Waals surface area contributed by atoms with Gasteiger partial charge in [-0.05, 0) is 54.8 Å². The smallest absolute Gasteiger partial charge is 0.124 e. The van der Waals surface area contributed by atoms with E-state index >= 15 is 0 Å². The van der Waals surface area contributed by atoms with E-state index in [1.54, 1.807) is 0 Å². The molecular weight excluding hydrogens is 362 g/mol. The monoisotopic (exact) mass is 385 g/mol. The van der Waals surface area contributed by atoms with E-state index in [0.717, 1.165) is 27.4 Å². The lowest BCUT2D eigenvalue weighted by atomic mass is 10.1. The van der Waals surface area contributed by atoms with Gasteiger partial charge in [0.2, 0.25) is 0 Å². The van der Waals surface area contributed by atoms with Gasteiger partial charge in [0.25, 0.3) is 0 Å². The molecule has 0 radical (unpaired) electrons. The fourth-order valence-corrected chi connectivity index (χ4v) is 3.80. The third-order valence-corrected chi connectivity index (χ3v) is 5.65. The molecule has 1 fully saturated rings. The van der Waals surface area contributed by atoms with Gasteiger partial charge >= 0.3 is 0 Å². The van der Waals surface area contributed by atoms with Crippen molar-refractivity contribution in [1.29, 1.82) is 0 Å². The van der Waals surface area contributed by atoms with Crippen molar-refractivity contribution in [3.63, 3.8) is 0 Å². The number of nitrogens with zero attached hydrogens (tertiary/aromatic N) is 3. The Balaban J connectivity index is 1.73. The molecule has 2 heterocycles. The summed E-state index contributed by atoms with van der Waals surface area (Å²) in [6, 6.07) is 12.2. The van der Waals surface area contributed by atoms with Gasteiger partial charge in [-0.15, -0.1) is 0 Å². The Labute approximate surface area is 163 Å². The summed E-state index contributed by atoms with van der Waals surface area (Å²) in [7, 11) is 0. The third-order valence-electron chi connectivity index (χ3n) is 5.40. The second-order valence-electron chi connectivity index (χ2n) is 7.49. The molecule has 1 saturated heterocycles. The third kappa shape index (κ3) is 3.73. The van der Waals surface area contributed by atoms with Crippen LogP contribution in [0.3, 0.4) is 0 Å². The predicted octanol–water partition coefficient (Wildman–Crippen LogP) is 2.89. The van der Waals surface area contributed by atoms with Crippen LogP contribution in [0, 0.1) is 13.8 Å². The summed E-state index contributed by atoms with van der Waals surface area (Å²) in [5.41, 5.74) is 5.68. The maximum Gasteiger partial charge on any atom is 0.124 e. The Morgan fingerprint density at radius 1 is 1.00 bits per heavy atom. The van der Waals surface area contributed by atoms with E-state index in [1.807, 2.05) is 24.3 Å². The van der Waals surface area contributed by atoms with E-state index < -0.39 is 12.2 Å². The first-order valence-corrected chi connectivity index (χ1v) is 9.58. The first-order chi connectivity index (χ1) is 12.9. The van der Waals surface area contributed by atoms with Crippen LogP contribution >= 0.6 is 11.6 Å². The van der Waals surface area contributed by atoms with Gasteiger partial charge in [-0.2, -0.15) is 0 Å². The van der Waals surface area contributed by atoms with Crippen molar-refractivity contribution in [3.8, 4) is 0 Å². The van der Waals surface area contributed by atoms with E-state index in [0.29, 0.717) is 26.2 Å². The van der Waals surface area contributed by atoms with Gasteiger partial charge in [-0.25, -0.2) is 4.98 Å². The van der Waals surface area contributed by atoms with E-state index in [1.165, 1.54) is 11.1 Å². The number of halogens is 1. The highest BCUT2D eigenvalue weighted by Gasteiger charge is 2.30. The Bertz CT molecular complexity index is 958. The molecule has 0 unspecified atom stereocenters. The summed E-state index contributed by atoms with van der Waals surface area (Å²) in [5.74, 6) is 0.936. The van der Waals surface area contributed by atoms with Crippen molar-refractivity contribution < 1.29 is 10.2 Å². The molecule has 27 heavy (non-hydrogen) atoms. The minimum atomic E-state index is -0.691. The van der Waals surface area contributed by atoms with Crippen molar-refractivity contribution in [3.05, 3.63) is 63.9 Å². The number of hydrogen-bond acceptors (Lipinski definition) is 4. The SMILES string of the molecule is Cc1cc2nc(CN3C[C@@H](O)[C@@H](O)C3)n(Cc3ccc(Cl)cc3)c2cc1C. The zero-order chi connectivity index (χ0) is 19.1. The molecule has 0 bridgehead atoms. The fourth-order valence-electron chi connectivity index (χ4n) is 3.68. The van der Waals surface area contributed by atoms with Gasteiger partial charge in [0.15, 0.2) is 0 Å². The summed E-state index contributed by atoms with van der Waals surface area (Å²) in [6.07, 6.45) is -1.38. The van der Waals surface area contributed by atoms with Crippen LogP contribution in [0.1, 0.15) is 22.5 Å². The summed E-state index contributed by atoms with van der Waals surface area (Å²) >= 11 is 6.03. The lowest BCUT2D eigenvalue weighted by Gasteiger charge is -2.16. The molecule has 4 rings (SSSR count). The maximum atomic E-state index is 9.86. The number of hydrogen-bond donors (Lipinski definition) is 2. The Hall–Kier alpha value is -1.92. The van der Waals surface area contributed by atoms with E-state index in [9.17, 15) is 10.2 Å². The van der Waals surface area contributed by atoms with Crippen LogP contribution < -0.4 is 0 Å². The first kappa shape index (κ1) is 18.4. The molecule has 0 aliphatic carbocycles. The molecular formula is C21H24ClN3O2. The Kier molecular flexibility index (Phi) is 4.95. The second-order valence-corrected chi connectivity index (χ2v) is 7.93. The number of likely N-dealkylation sites (tertiary alicyclic amines) is 1. The van der Waals surface area contributed by atoms with Gasteiger partial charge in [0, 0.05) is 24.7 Å². The van der Waals surface area contributed by atoms with Crippen LogP contribution in [0.2, 0.25) is 5.02 Å².